The van der Waals surface area contributed by atoms with E-state index in [1.807, 2.05) is 30.3 Å². The molecule has 2 saturated carbocycles. The highest BCUT2D eigenvalue weighted by Gasteiger charge is 2.44. The third-order valence-corrected chi connectivity index (χ3v) is 6.00. The van der Waals surface area contributed by atoms with Crippen molar-refractivity contribution in [2.24, 2.45) is 11.8 Å². The lowest BCUT2D eigenvalue weighted by Crippen LogP contribution is -2.08. The number of carbonyl (C=O) groups excluding carboxylic acids is 1. The van der Waals surface area contributed by atoms with Gasteiger partial charge in [0.15, 0.2) is 0 Å². The molecule has 0 bridgehead atoms. The van der Waals surface area contributed by atoms with Gasteiger partial charge >= 0.3 is 5.97 Å². The largest absolute Gasteiger partial charge is 0.503 e. The van der Waals surface area contributed by atoms with E-state index in [9.17, 15) is 4.79 Å². The minimum atomic E-state index is -0.443. The van der Waals surface area contributed by atoms with Crippen LogP contribution in [0, 0.1) is 11.8 Å². The van der Waals surface area contributed by atoms with Crippen LogP contribution in [-0.2, 0) is 20.9 Å². The van der Waals surface area contributed by atoms with E-state index in [0.717, 1.165) is 22.8 Å². The van der Waals surface area contributed by atoms with Crippen molar-refractivity contribution < 1.29 is 19.0 Å². The van der Waals surface area contributed by atoms with Crippen LogP contribution in [0.4, 0.5) is 0 Å². The van der Waals surface area contributed by atoms with Gasteiger partial charge in [0.2, 0.25) is 0 Å². The van der Waals surface area contributed by atoms with Gasteiger partial charge in [0.05, 0.1) is 20.5 Å². The van der Waals surface area contributed by atoms with Gasteiger partial charge in [-0.05, 0) is 65.8 Å². The maximum atomic E-state index is 12.2. The van der Waals surface area contributed by atoms with Crippen LogP contribution < -0.4 is 4.74 Å². The molecule has 0 spiro atoms. The third-order valence-electron chi connectivity index (χ3n) is 6.00. The average Bonchev–Trinajstić information content (AvgIpc) is 3.69. The number of esters is 1. The first-order valence-corrected chi connectivity index (χ1v) is 10.4. The Bertz CT molecular complexity index is 971. The van der Waals surface area contributed by atoms with Gasteiger partial charge in [-0.15, -0.1) is 0 Å². The van der Waals surface area contributed by atoms with E-state index < -0.39 is 5.97 Å². The Morgan fingerprint density at radius 3 is 2.67 bits per heavy atom. The lowest BCUT2D eigenvalue weighted by atomic mass is 10.0. The Hall–Kier alpha value is -3.01. The van der Waals surface area contributed by atoms with Crippen LogP contribution in [0.1, 0.15) is 41.9 Å². The molecule has 2 fully saturated rings. The van der Waals surface area contributed by atoms with Crippen LogP contribution in [0.15, 0.2) is 66.9 Å². The highest BCUT2D eigenvalue weighted by atomic mass is 16.5. The molecule has 2 aromatic carbocycles. The van der Waals surface area contributed by atoms with Gasteiger partial charge in [-0.1, -0.05) is 48.6 Å². The number of allylic oxidation sites excluding steroid dienone is 1. The first-order chi connectivity index (χ1) is 14.6. The summed E-state index contributed by atoms with van der Waals surface area (Å²) >= 11 is 0. The van der Waals surface area contributed by atoms with Crippen molar-refractivity contribution in [2.75, 3.05) is 14.2 Å². The molecule has 2 aliphatic carbocycles. The SMILES string of the molecule is C=C(C1CC1)C1CC1c1cccc(OCc2ccccc2C(=COC)C(=O)OC)c1. The van der Waals surface area contributed by atoms with Crippen LogP contribution in [0.3, 0.4) is 0 Å². The number of rotatable bonds is 9. The normalized spacial score (nSPS) is 20.4. The van der Waals surface area contributed by atoms with E-state index in [2.05, 4.69) is 24.8 Å². The topological polar surface area (TPSA) is 44.8 Å². The summed E-state index contributed by atoms with van der Waals surface area (Å²) in [6, 6.07) is 16.0. The number of ether oxygens (including phenoxy) is 3. The fourth-order valence-corrected chi connectivity index (χ4v) is 4.08. The second-order valence-corrected chi connectivity index (χ2v) is 8.07. The molecule has 4 heteroatoms. The number of carbonyl (C=O) groups is 1. The molecule has 2 atom stereocenters. The highest BCUT2D eigenvalue weighted by Crippen LogP contribution is 2.57. The predicted octanol–water partition coefficient (Wildman–Crippen LogP) is 5.50. The highest BCUT2D eigenvalue weighted by molar-refractivity contribution is 6.16. The van der Waals surface area contributed by atoms with Gasteiger partial charge in [0, 0.05) is 0 Å². The molecule has 0 aromatic heterocycles. The van der Waals surface area contributed by atoms with E-state index in [4.69, 9.17) is 14.2 Å². The number of benzene rings is 2. The van der Waals surface area contributed by atoms with Crippen LogP contribution in [0.2, 0.25) is 0 Å². The maximum Gasteiger partial charge on any atom is 0.341 e. The molecule has 4 nitrogen and oxygen atoms in total. The van der Waals surface area contributed by atoms with Crippen molar-refractivity contribution in [3.05, 3.63) is 83.6 Å². The van der Waals surface area contributed by atoms with Crippen molar-refractivity contribution >= 4 is 11.5 Å². The first kappa shape index (κ1) is 20.3. The summed E-state index contributed by atoms with van der Waals surface area (Å²) in [5.41, 5.74) is 4.77. The Morgan fingerprint density at radius 2 is 1.93 bits per heavy atom. The molecule has 2 unspecified atom stereocenters. The Kier molecular flexibility index (Phi) is 5.93. The van der Waals surface area contributed by atoms with E-state index in [1.165, 1.54) is 50.9 Å². The fourth-order valence-electron chi connectivity index (χ4n) is 4.08. The van der Waals surface area contributed by atoms with Gasteiger partial charge in [0.25, 0.3) is 0 Å². The smallest absolute Gasteiger partial charge is 0.341 e. The molecule has 156 valence electrons. The minimum Gasteiger partial charge on any atom is -0.503 e. The molecule has 30 heavy (non-hydrogen) atoms. The zero-order valence-corrected chi connectivity index (χ0v) is 17.6. The van der Waals surface area contributed by atoms with Gasteiger partial charge in [-0.25, -0.2) is 4.79 Å². The van der Waals surface area contributed by atoms with E-state index in [0.29, 0.717) is 24.0 Å². The van der Waals surface area contributed by atoms with Crippen LogP contribution in [-0.4, -0.2) is 20.2 Å². The number of hydrogen-bond donors (Lipinski definition) is 0. The molecular formula is C26H28O4. The van der Waals surface area contributed by atoms with Crippen molar-refractivity contribution in [3.63, 3.8) is 0 Å². The molecular weight excluding hydrogens is 376 g/mol. The second kappa shape index (κ2) is 8.78. The fraction of sp³-hybridized carbons (Fsp3) is 0.346. The van der Waals surface area contributed by atoms with Gasteiger partial charge in [-0.2, -0.15) is 0 Å². The van der Waals surface area contributed by atoms with Crippen molar-refractivity contribution in [3.8, 4) is 5.75 Å². The molecule has 0 amide bonds. The third kappa shape index (κ3) is 4.43. The van der Waals surface area contributed by atoms with Gasteiger partial charge < -0.3 is 14.2 Å². The summed E-state index contributed by atoms with van der Waals surface area (Å²) in [6.45, 7) is 4.68. The van der Waals surface area contributed by atoms with Crippen molar-refractivity contribution in [2.45, 2.75) is 31.8 Å². The Morgan fingerprint density at radius 1 is 1.13 bits per heavy atom. The number of methoxy groups -OCH3 is 2. The predicted molar refractivity (Wildman–Crippen MR) is 117 cm³/mol. The molecule has 2 aliphatic rings. The summed E-state index contributed by atoms with van der Waals surface area (Å²) in [6.07, 6.45) is 5.24. The van der Waals surface area contributed by atoms with E-state index in [-0.39, 0.29) is 0 Å². The van der Waals surface area contributed by atoms with E-state index in [1.54, 1.807) is 0 Å². The van der Waals surface area contributed by atoms with Gasteiger partial charge in [-0.3, -0.25) is 0 Å². The van der Waals surface area contributed by atoms with Crippen molar-refractivity contribution in [1.82, 2.24) is 0 Å². The molecule has 0 aliphatic heterocycles. The quantitative estimate of drug-likeness (QED) is 0.240. The minimum absolute atomic E-state index is 0.348. The molecule has 0 saturated heterocycles. The summed E-state index contributed by atoms with van der Waals surface area (Å²) in [7, 11) is 2.87. The molecule has 2 aromatic rings. The summed E-state index contributed by atoms with van der Waals surface area (Å²) in [4.78, 5) is 12.2. The standard InChI is InChI=1S/C26H28O4/c1-17(18-11-12-18)23-14-24(23)19-8-6-9-21(13-19)30-15-20-7-4-5-10-22(20)25(16-28-2)26(27)29-3/h4-10,13,16,18,23-24H,1,11-12,14-15H2,2-3H3. The summed E-state index contributed by atoms with van der Waals surface area (Å²) < 4.78 is 16.1. The first-order valence-electron chi connectivity index (χ1n) is 10.4. The van der Waals surface area contributed by atoms with Crippen LogP contribution >= 0.6 is 0 Å². The summed E-state index contributed by atoms with van der Waals surface area (Å²) in [5.74, 6) is 2.36. The van der Waals surface area contributed by atoms with Crippen molar-refractivity contribution in [1.29, 1.82) is 0 Å². The zero-order valence-electron chi connectivity index (χ0n) is 17.6. The molecule has 0 N–H and O–H groups in total. The average molecular weight is 405 g/mol. The maximum absolute atomic E-state index is 12.2. The molecule has 0 heterocycles. The lowest BCUT2D eigenvalue weighted by Gasteiger charge is -2.13. The van der Waals surface area contributed by atoms with Gasteiger partial charge in [0.1, 0.15) is 17.9 Å². The van der Waals surface area contributed by atoms with Crippen LogP contribution in [0.5, 0.6) is 5.75 Å². The van der Waals surface area contributed by atoms with Crippen LogP contribution in [0.25, 0.3) is 5.57 Å². The second-order valence-electron chi connectivity index (χ2n) is 8.07. The Labute approximate surface area is 178 Å². The number of hydrogen-bond acceptors (Lipinski definition) is 4. The molecule has 4 rings (SSSR count). The lowest BCUT2D eigenvalue weighted by molar-refractivity contribution is -0.133. The Balaban J connectivity index is 1.46. The zero-order chi connectivity index (χ0) is 21.1. The monoisotopic (exact) mass is 404 g/mol. The molecule has 0 radical (unpaired) electrons. The van der Waals surface area contributed by atoms with E-state index >= 15 is 0 Å². The summed E-state index contributed by atoms with van der Waals surface area (Å²) in [5, 5.41) is 0.